The van der Waals surface area contributed by atoms with Crippen molar-refractivity contribution in [1.29, 1.82) is 0 Å². The quantitative estimate of drug-likeness (QED) is 0.0486. The Morgan fingerprint density at radius 1 is 0.325 bits per heavy atom. The van der Waals surface area contributed by atoms with Crippen LogP contribution in [0.25, 0.3) is 0 Å². The largest absolute Gasteiger partial charge is 0.426 e. The van der Waals surface area contributed by atoms with Crippen molar-refractivity contribution in [3.63, 3.8) is 0 Å². The van der Waals surface area contributed by atoms with Gasteiger partial charge in [0.05, 0.1) is 25.4 Å². The molecule has 8 heteroatoms. The Morgan fingerprint density at radius 3 is 0.867 bits per heavy atom. The summed E-state index contributed by atoms with van der Waals surface area (Å²) in [6.07, 6.45) is 65.1. The molecule has 0 aliphatic heterocycles. The first-order valence-corrected chi connectivity index (χ1v) is 38.8. The number of hydrogen-bond acceptors (Lipinski definition) is 6. The summed E-state index contributed by atoms with van der Waals surface area (Å²) in [5.41, 5.74) is 2.87. The van der Waals surface area contributed by atoms with Crippen LogP contribution in [0.2, 0.25) is 0 Å². The zero-order chi connectivity index (χ0) is 58.9. The molecular weight excluding hydrogens is 1060 g/mol. The van der Waals surface area contributed by atoms with Crippen molar-refractivity contribution in [2.45, 2.75) is 375 Å². The third kappa shape index (κ3) is 35.5. The normalized spacial score (nSPS) is 18.4. The van der Waals surface area contributed by atoms with Crippen molar-refractivity contribution in [1.82, 2.24) is 0 Å². The predicted octanol–water partition coefficient (Wildman–Crippen LogP) is 26.6. The van der Waals surface area contributed by atoms with Crippen molar-refractivity contribution in [3.05, 3.63) is 59.7 Å². The van der Waals surface area contributed by atoms with Crippen molar-refractivity contribution in [2.24, 2.45) is 17.3 Å². The van der Waals surface area contributed by atoms with E-state index in [0.717, 1.165) is 62.9 Å². The van der Waals surface area contributed by atoms with Gasteiger partial charge in [-0.3, -0.25) is 9.05 Å². The molecule has 0 radical (unpaired) electrons. The minimum atomic E-state index is -1.48. The van der Waals surface area contributed by atoms with Crippen LogP contribution in [0.4, 0.5) is 0 Å². The third-order valence-corrected chi connectivity index (χ3v) is 21.6. The maximum atomic E-state index is 6.96. The van der Waals surface area contributed by atoms with Gasteiger partial charge in [-0.25, -0.2) is 0 Å². The lowest BCUT2D eigenvalue weighted by Crippen LogP contribution is -2.39. The molecule has 2 unspecified atom stereocenters. The number of rotatable bonds is 56. The molecule has 2 aliphatic carbocycles. The summed E-state index contributed by atoms with van der Waals surface area (Å²) in [6, 6.07) is 17.5. The summed E-state index contributed by atoms with van der Waals surface area (Å²) < 4.78 is 40.9. The second-order valence-electron chi connectivity index (χ2n) is 26.7. The van der Waals surface area contributed by atoms with E-state index in [2.05, 4.69) is 90.1 Å². The average molecular weight is 1190 g/mol. The Balaban J connectivity index is 1.27. The first-order valence-electron chi connectivity index (χ1n) is 36.6. The fraction of sp³-hybridized carbons (Fsp3) is 0.840. The van der Waals surface area contributed by atoms with Gasteiger partial charge in [0.25, 0.3) is 0 Å². The molecule has 2 aromatic rings. The van der Waals surface area contributed by atoms with Gasteiger partial charge >= 0.3 is 17.2 Å². The fourth-order valence-electron chi connectivity index (χ4n) is 13.4. The van der Waals surface area contributed by atoms with Crippen LogP contribution in [0.1, 0.15) is 361 Å². The summed E-state index contributed by atoms with van der Waals surface area (Å²) in [5, 5.41) is 0. The summed E-state index contributed by atoms with van der Waals surface area (Å²) in [4.78, 5) is 0. The first-order chi connectivity index (χ1) is 40.9. The van der Waals surface area contributed by atoms with Gasteiger partial charge in [0, 0.05) is 0 Å². The number of hydrogen-bond donors (Lipinski definition) is 0. The summed E-state index contributed by atoms with van der Waals surface area (Å²) in [6.45, 7) is 15.8. The smallest absolute Gasteiger partial charge is 0.397 e. The highest BCUT2D eigenvalue weighted by molar-refractivity contribution is 7.42. The Morgan fingerprint density at radius 2 is 0.578 bits per heavy atom. The van der Waals surface area contributed by atoms with Gasteiger partial charge in [-0.15, -0.1) is 0 Å². The number of aryl methyl sites for hydroxylation is 2. The molecular formula is C75H134O6P2. The lowest BCUT2D eigenvalue weighted by atomic mass is 9.60. The molecule has 0 amide bonds. The van der Waals surface area contributed by atoms with Gasteiger partial charge in [-0.05, 0) is 130 Å². The monoisotopic (exact) mass is 1190 g/mol. The third-order valence-electron chi connectivity index (χ3n) is 19.2. The van der Waals surface area contributed by atoms with Gasteiger partial charge in [0.1, 0.15) is 11.5 Å². The predicted molar refractivity (Wildman–Crippen MR) is 362 cm³/mol. The first kappa shape index (κ1) is 74.2. The van der Waals surface area contributed by atoms with E-state index in [-0.39, 0.29) is 17.6 Å². The molecule has 0 aromatic heterocycles. The fourth-order valence-corrected chi connectivity index (χ4v) is 15.8. The van der Waals surface area contributed by atoms with Crippen molar-refractivity contribution in [2.75, 3.05) is 13.2 Å². The van der Waals surface area contributed by atoms with E-state index in [1.807, 2.05) is 0 Å². The minimum Gasteiger partial charge on any atom is -0.426 e. The second-order valence-corrected chi connectivity index (χ2v) is 28.9. The van der Waals surface area contributed by atoms with Crippen LogP contribution in [0.5, 0.6) is 11.5 Å². The highest BCUT2D eigenvalue weighted by atomic mass is 31.2. The zero-order valence-corrected chi connectivity index (χ0v) is 57.3. The second kappa shape index (κ2) is 50.6. The van der Waals surface area contributed by atoms with Crippen LogP contribution in [0, 0.1) is 17.3 Å². The molecule has 6 nitrogen and oxygen atoms in total. The van der Waals surface area contributed by atoms with Crippen molar-refractivity contribution < 1.29 is 27.1 Å². The summed E-state index contributed by atoms with van der Waals surface area (Å²) in [7, 11) is -2.97. The zero-order valence-electron chi connectivity index (χ0n) is 55.5. The Kier molecular flexibility index (Phi) is 45.2. The topological polar surface area (TPSA) is 55.4 Å². The maximum absolute atomic E-state index is 6.96. The van der Waals surface area contributed by atoms with E-state index in [4.69, 9.17) is 27.1 Å². The van der Waals surface area contributed by atoms with E-state index >= 15 is 0 Å². The Hall–Kier alpha value is -1.26. The molecule has 0 bridgehead atoms. The van der Waals surface area contributed by atoms with E-state index in [1.54, 1.807) is 0 Å². The van der Waals surface area contributed by atoms with Crippen LogP contribution >= 0.6 is 17.2 Å². The molecule has 0 saturated heterocycles. The van der Waals surface area contributed by atoms with Crippen LogP contribution in [0.3, 0.4) is 0 Å². The number of benzene rings is 2. The molecule has 2 saturated carbocycles. The Bertz CT molecular complexity index is 1620. The lowest BCUT2D eigenvalue weighted by molar-refractivity contribution is 0.00598. The van der Waals surface area contributed by atoms with Crippen molar-refractivity contribution in [3.8, 4) is 11.5 Å². The Labute approximate surface area is 518 Å². The molecule has 2 atom stereocenters. The number of para-hydroxylation sites is 2. The van der Waals surface area contributed by atoms with Gasteiger partial charge in [0.2, 0.25) is 0 Å². The average Bonchev–Trinajstić information content (AvgIpc) is 3.50. The summed E-state index contributed by atoms with van der Waals surface area (Å²) >= 11 is 0. The van der Waals surface area contributed by atoms with Crippen LogP contribution in [-0.4, -0.2) is 25.4 Å². The highest BCUT2D eigenvalue weighted by Crippen LogP contribution is 2.53. The van der Waals surface area contributed by atoms with Gasteiger partial charge in [0.15, 0.2) is 0 Å². The van der Waals surface area contributed by atoms with Crippen LogP contribution in [0.15, 0.2) is 48.5 Å². The van der Waals surface area contributed by atoms with Crippen molar-refractivity contribution >= 4 is 17.2 Å². The minimum absolute atomic E-state index is 0.179. The standard InChI is InChI=1S/C75H134O6P2/c1-7-11-15-19-23-27-31-35-39-43-51-67-53-45-47-55-73(67)80-82(76-65-49-41-37-33-29-25-21-17-13-9-3)78-71-61-57-69(58-62-71)75(5,6)70-59-63-72(64-60-70)79-83(77-66-50-42-38-34-30-26-22-18-14-10-4)81-74-56-48-46-54-68(74)52-44-40-36-32-28-24-20-16-12-8-2/h45-48,53-56,69-72H,7-44,49-52,57-66H2,1-6H3. The van der Waals surface area contributed by atoms with Crippen LogP contribution < -0.4 is 9.05 Å². The molecule has 83 heavy (non-hydrogen) atoms. The molecule has 2 aliphatic rings. The molecule has 0 N–H and O–H groups in total. The molecule has 4 rings (SSSR count). The van der Waals surface area contributed by atoms with Gasteiger partial charge < -0.3 is 18.1 Å². The SMILES string of the molecule is CCCCCCCCCCCCOP(Oc1ccccc1CCCCCCCCCCCC)OC1CCC(C(C)(C)C2CCC(OP(OCCCCCCCCCCCC)Oc3ccccc3CCCCCCCCCCCC)CC2)CC1. The highest BCUT2D eigenvalue weighted by Gasteiger charge is 2.42. The van der Waals surface area contributed by atoms with E-state index < -0.39 is 17.2 Å². The lowest BCUT2D eigenvalue weighted by Gasteiger charge is -2.46. The van der Waals surface area contributed by atoms with E-state index in [1.165, 1.54) is 281 Å². The summed E-state index contributed by atoms with van der Waals surface area (Å²) in [5.74, 6) is 3.30. The maximum Gasteiger partial charge on any atom is 0.397 e. The van der Waals surface area contributed by atoms with E-state index in [0.29, 0.717) is 25.0 Å². The molecule has 480 valence electrons. The molecule has 0 heterocycles. The number of unbranched alkanes of at least 4 members (excludes halogenated alkanes) is 36. The van der Waals surface area contributed by atoms with Crippen LogP contribution in [-0.2, 0) is 30.9 Å². The molecule has 2 fully saturated rings. The van der Waals surface area contributed by atoms with E-state index in [9.17, 15) is 0 Å². The molecule has 0 spiro atoms. The van der Waals surface area contributed by atoms with Gasteiger partial charge in [-0.1, -0.05) is 309 Å². The van der Waals surface area contributed by atoms with Gasteiger partial charge in [-0.2, -0.15) is 0 Å². The molecule has 2 aromatic carbocycles.